The normalized spacial score (nSPS) is 18.4. The lowest BCUT2D eigenvalue weighted by molar-refractivity contribution is 0.0507. The fourth-order valence-electron chi connectivity index (χ4n) is 2.53. The predicted octanol–water partition coefficient (Wildman–Crippen LogP) is 1.72. The van der Waals surface area contributed by atoms with Crippen LogP contribution in [-0.2, 0) is 4.74 Å². The largest absolute Gasteiger partial charge is 0.376 e. The molecule has 1 unspecified atom stereocenters. The van der Waals surface area contributed by atoms with Crippen molar-refractivity contribution in [3.63, 3.8) is 0 Å². The fraction of sp³-hybridized carbons (Fsp3) is 0.750. The Balaban J connectivity index is 2.05. The summed E-state index contributed by atoms with van der Waals surface area (Å²) < 4.78 is 5.68. The minimum Gasteiger partial charge on any atom is -0.376 e. The maximum absolute atomic E-state index is 12.8. The van der Waals surface area contributed by atoms with Gasteiger partial charge in [-0.1, -0.05) is 13.8 Å². The molecule has 0 spiro atoms. The molecule has 1 aliphatic rings. The third-order valence-electron chi connectivity index (χ3n) is 3.99. The van der Waals surface area contributed by atoms with Gasteiger partial charge in [-0.3, -0.25) is 9.89 Å². The molecule has 0 bridgehead atoms. The number of amides is 1. The molecule has 6 heteroatoms. The lowest BCUT2D eigenvalue weighted by Gasteiger charge is -2.26. The van der Waals surface area contributed by atoms with Gasteiger partial charge in [-0.2, -0.15) is 5.10 Å². The number of aromatic nitrogens is 2. The van der Waals surface area contributed by atoms with Crippen LogP contribution >= 0.6 is 0 Å². The average molecular weight is 308 g/mol. The summed E-state index contributed by atoms with van der Waals surface area (Å²) in [6.07, 6.45) is 2.28. The summed E-state index contributed by atoms with van der Waals surface area (Å²) in [6.45, 7) is 7.14. The molecular weight excluding hydrogens is 280 g/mol. The molecule has 0 aromatic carbocycles. The van der Waals surface area contributed by atoms with Gasteiger partial charge < -0.3 is 14.5 Å². The van der Waals surface area contributed by atoms with E-state index in [0.29, 0.717) is 24.7 Å². The molecule has 1 N–H and O–H groups in total. The summed E-state index contributed by atoms with van der Waals surface area (Å²) >= 11 is 0. The molecule has 2 heterocycles. The summed E-state index contributed by atoms with van der Waals surface area (Å²) in [4.78, 5) is 16.7. The van der Waals surface area contributed by atoms with Crippen LogP contribution in [0.5, 0.6) is 0 Å². The van der Waals surface area contributed by atoms with Crippen molar-refractivity contribution in [3.8, 4) is 0 Å². The minimum absolute atomic E-state index is 0.0134. The second kappa shape index (κ2) is 7.74. The number of carbonyl (C=O) groups is 1. The lowest BCUT2D eigenvalue weighted by Crippen LogP contribution is -2.41. The summed E-state index contributed by atoms with van der Waals surface area (Å²) in [7, 11) is 4.03. The van der Waals surface area contributed by atoms with E-state index in [9.17, 15) is 4.79 Å². The van der Waals surface area contributed by atoms with Crippen LogP contribution in [0.1, 0.15) is 48.8 Å². The van der Waals surface area contributed by atoms with Crippen molar-refractivity contribution in [2.75, 3.05) is 40.3 Å². The number of nitrogens with one attached hydrogen (secondary N) is 1. The summed E-state index contributed by atoms with van der Waals surface area (Å²) in [5, 5.41) is 7.15. The van der Waals surface area contributed by atoms with E-state index in [1.165, 1.54) is 0 Å². The molecule has 0 aliphatic carbocycles. The van der Waals surface area contributed by atoms with E-state index < -0.39 is 0 Å². The molecule has 1 aromatic heterocycles. The van der Waals surface area contributed by atoms with Crippen LogP contribution in [0.3, 0.4) is 0 Å². The highest BCUT2D eigenvalue weighted by molar-refractivity contribution is 5.92. The number of aromatic amines is 1. The number of ether oxygens (including phenoxy) is 1. The van der Waals surface area contributed by atoms with Gasteiger partial charge in [-0.05, 0) is 38.9 Å². The van der Waals surface area contributed by atoms with Crippen LogP contribution in [-0.4, -0.2) is 72.3 Å². The van der Waals surface area contributed by atoms with Crippen molar-refractivity contribution >= 4 is 5.91 Å². The molecule has 6 nitrogen and oxygen atoms in total. The minimum atomic E-state index is -0.0134. The molecule has 1 saturated heterocycles. The van der Waals surface area contributed by atoms with Crippen LogP contribution in [0, 0.1) is 0 Å². The maximum Gasteiger partial charge on any atom is 0.274 e. The molecule has 124 valence electrons. The monoisotopic (exact) mass is 308 g/mol. The number of nitrogens with zero attached hydrogens (tertiary/aromatic N) is 3. The number of rotatable bonds is 7. The zero-order valence-electron chi connectivity index (χ0n) is 14.1. The van der Waals surface area contributed by atoms with Gasteiger partial charge in [0.2, 0.25) is 0 Å². The summed E-state index contributed by atoms with van der Waals surface area (Å²) in [5.41, 5.74) is 1.49. The number of carbonyl (C=O) groups excluding carboxylic acids is 1. The Morgan fingerprint density at radius 2 is 2.23 bits per heavy atom. The maximum atomic E-state index is 12.8. The Hall–Kier alpha value is -1.40. The molecule has 1 aliphatic heterocycles. The molecule has 22 heavy (non-hydrogen) atoms. The summed E-state index contributed by atoms with van der Waals surface area (Å²) in [5.74, 6) is 0.322. The number of hydrogen-bond donors (Lipinski definition) is 1. The van der Waals surface area contributed by atoms with Gasteiger partial charge in [0.25, 0.3) is 5.91 Å². The zero-order valence-corrected chi connectivity index (χ0v) is 14.1. The first kappa shape index (κ1) is 17.0. The van der Waals surface area contributed by atoms with Crippen LogP contribution in [0.2, 0.25) is 0 Å². The Labute approximate surface area is 132 Å². The highest BCUT2D eigenvalue weighted by Gasteiger charge is 2.25. The second-order valence-corrected chi connectivity index (χ2v) is 6.55. The van der Waals surface area contributed by atoms with E-state index in [1.807, 2.05) is 25.1 Å². The van der Waals surface area contributed by atoms with Gasteiger partial charge in [-0.25, -0.2) is 0 Å². The van der Waals surface area contributed by atoms with Gasteiger partial charge in [-0.15, -0.1) is 0 Å². The van der Waals surface area contributed by atoms with E-state index in [2.05, 4.69) is 28.9 Å². The molecule has 1 atom stereocenters. The quantitative estimate of drug-likeness (QED) is 0.833. The van der Waals surface area contributed by atoms with Crippen molar-refractivity contribution in [2.45, 2.75) is 38.7 Å². The van der Waals surface area contributed by atoms with Crippen molar-refractivity contribution in [2.24, 2.45) is 0 Å². The van der Waals surface area contributed by atoms with E-state index in [0.717, 1.165) is 31.7 Å². The van der Waals surface area contributed by atoms with E-state index in [4.69, 9.17) is 4.74 Å². The second-order valence-electron chi connectivity index (χ2n) is 6.55. The van der Waals surface area contributed by atoms with Gasteiger partial charge in [0.05, 0.1) is 6.10 Å². The van der Waals surface area contributed by atoms with Crippen LogP contribution < -0.4 is 0 Å². The molecule has 0 radical (unpaired) electrons. The lowest BCUT2D eigenvalue weighted by atomic mass is 10.1. The Bertz CT molecular complexity index is 478. The van der Waals surface area contributed by atoms with Crippen molar-refractivity contribution < 1.29 is 9.53 Å². The molecule has 1 fully saturated rings. The van der Waals surface area contributed by atoms with E-state index in [-0.39, 0.29) is 12.0 Å². The third-order valence-corrected chi connectivity index (χ3v) is 3.99. The first-order valence-corrected chi connectivity index (χ1v) is 8.08. The number of H-pyrrole nitrogens is 1. The van der Waals surface area contributed by atoms with Crippen LogP contribution in [0.25, 0.3) is 0 Å². The average Bonchev–Trinajstić information content (AvgIpc) is 3.13. The van der Waals surface area contributed by atoms with Crippen molar-refractivity contribution in [1.29, 1.82) is 0 Å². The Morgan fingerprint density at radius 3 is 2.77 bits per heavy atom. The van der Waals surface area contributed by atoms with Gasteiger partial charge in [0.1, 0.15) is 5.69 Å². The van der Waals surface area contributed by atoms with Gasteiger partial charge in [0.15, 0.2) is 0 Å². The highest BCUT2D eigenvalue weighted by atomic mass is 16.5. The van der Waals surface area contributed by atoms with Crippen LogP contribution in [0.15, 0.2) is 6.07 Å². The fourth-order valence-corrected chi connectivity index (χ4v) is 2.53. The third kappa shape index (κ3) is 4.55. The molecule has 2 rings (SSSR count). The molecule has 1 aromatic rings. The number of hydrogen-bond acceptors (Lipinski definition) is 4. The van der Waals surface area contributed by atoms with Gasteiger partial charge >= 0.3 is 0 Å². The Morgan fingerprint density at radius 1 is 1.45 bits per heavy atom. The highest BCUT2D eigenvalue weighted by Crippen LogP contribution is 2.16. The SMILES string of the molecule is CC(C)c1cc(C(=O)N(CCN(C)C)CC2CCCO2)n[nH]1. The van der Waals surface area contributed by atoms with E-state index in [1.54, 1.807) is 0 Å². The predicted molar refractivity (Wildman–Crippen MR) is 86.1 cm³/mol. The smallest absolute Gasteiger partial charge is 0.274 e. The standard InChI is InChI=1S/C16H28N4O2/c1-12(2)14-10-15(18-17-14)16(21)20(8-7-19(3)4)11-13-6-5-9-22-13/h10,12-13H,5-9,11H2,1-4H3,(H,17,18). The first-order valence-electron chi connectivity index (χ1n) is 8.08. The van der Waals surface area contributed by atoms with Gasteiger partial charge in [0, 0.05) is 31.9 Å². The van der Waals surface area contributed by atoms with Crippen molar-refractivity contribution in [3.05, 3.63) is 17.5 Å². The number of likely N-dealkylation sites (N-methyl/N-ethyl adjacent to an activating group) is 1. The molecule has 0 saturated carbocycles. The molecule has 1 amide bonds. The van der Waals surface area contributed by atoms with Crippen molar-refractivity contribution in [1.82, 2.24) is 20.0 Å². The summed E-state index contributed by atoms with van der Waals surface area (Å²) in [6, 6.07) is 1.87. The van der Waals surface area contributed by atoms with Crippen LogP contribution in [0.4, 0.5) is 0 Å². The topological polar surface area (TPSA) is 61.5 Å². The zero-order chi connectivity index (χ0) is 16.1. The first-order chi connectivity index (χ1) is 10.5. The molecular formula is C16H28N4O2. The Kier molecular flexibility index (Phi) is 5.97. The van der Waals surface area contributed by atoms with E-state index >= 15 is 0 Å².